The van der Waals surface area contributed by atoms with Crippen molar-refractivity contribution >= 4 is 51.3 Å². The monoisotopic (exact) mass is 677 g/mol. The summed E-state index contributed by atoms with van der Waals surface area (Å²) in [7, 11) is 1.97. The van der Waals surface area contributed by atoms with Gasteiger partial charge >= 0.3 is 0 Å². The highest BCUT2D eigenvalue weighted by Gasteiger charge is 2.37. The summed E-state index contributed by atoms with van der Waals surface area (Å²) in [6.45, 7) is 8.84. The summed E-state index contributed by atoms with van der Waals surface area (Å²) in [6.07, 6.45) is 7.92. The zero-order chi connectivity index (χ0) is 32.9. The van der Waals surface area contributed by atoms with Gasteiger partial charge in [-0.25, -0.2) is 9.97 Å². The number of likely N-dealkylation sites (tertiary alicyclic amines) is 1. The van der Waals surface area contributed by atoms with Gasteiger partial charge in [-0.3, -0.25) is 19.6 Å². The van der Waals surface area contributed by atoms with Crippen molar-refractivity contribution < 1.29 is 4.79 Å². The number of hydrogen-bond donors (Lipinski definition) is 1. The van der Waals surface area contributed by atoms with Crippen LogP contribution >= 0.6 is 22.9 Å². The molecule has 1 saturated heterocycles. The Kier molecular flexibility index (Phi) is 8.41. The molecular weight excluding hydrogens is 638 g/mol. The van der Waals surface area contributed by atoms with Crippen LogP contribution in [0.5, 0.6) is 0 Å². The summed E-state index contributed by atoms with van der Waals surface area (Å²) >= 11 is 8.83. The SMILES string of the molecule is CCN(C)CC(=O)N1Cc2nc(-c3cccc(-c4cccc(Nc5nccc6cc(CN7CC8CCC7C8)cnc56)c4Cl)c3C)sc2C1. The summed E-state index contributed by atoms with van der Waals surface area (Å²) in [5.74, 6) is 1.72. The van der Waals surface area contributed by atoms with Crippen LogP contribution in [0.1, 0.15) is 47.9 Å². The minimum Gasteiger partial charge on any atom is -0.337 e. The number of nitrogens with one attached hydrogen (secondary N) is 1. The van der Waals surface area contributed by atoms with E-state index in [1.54, 1.807) is 11.3 Å². The fourth-order valence-electron chi connectivity index (χ4n) is 7.64. The first kappa shape index (κ1) is 31.4. The van der Waals surface area contributed by atoms with Crippen LogP contribution in [0.15, 0.2) is 60.9 Å². The zero-order valence-corrected chi connectivity index (χ0v) is 29.2. The van der Waals surface area contributed by atoms with Crippen LogP contribution in [-0.2, 0) is 24.4 Å². The highest BCUT2D eigenvalue weighted by molar-refractivity contribution is 7.15. The van der Waals surface area contributed by atoms with E-state index in [9.17, 15) is 4.79 Å². The number of likely N-dealkylation sites (N-methyl/N-ethyl adjacent to an activating group) is 1. The van der Waals surface area contributed by atoms with Crippen molar-refractivity contribution in [2.45, 2.75) is 58.8 Å². The number of rotatable bonds is 9. The van der Waals surface area contributed by atoms with Gasteiger partial charge in [0.15, 0.2) is 5.82 Å². The van der Waals surface area contributed by atoms with Crippen LogP contribution in [0, 0.1) is 12.8 Å². The number of anilines is 2. The van der Waals surface area contributed by atoms with E-state index in [4.69, 9.17) is 21.6 Å². The molecule has 2 bridgehead atoms. The van der Waals surface area contributed by atoms with Gasteiger partial charge in [0, 0.05) is 52.9 Å². The minimum atomic E-state index is 0.149. The van der Waals surface area contributed by atoms with E-state index < -0.39 is 0 Å². The third-order valence-corrected chi connectivity index (χ3v) is 11.9. The number of hydrogen-bond acceptors (Lipinski definition) is 8. The molecule has 5 heterocycles. The Balaban J connectivity index is 1.02. The molecule has 48 heavy (non-hydrogen) atoms. The largest absolute Gasteiger partial charge is 0.337 e. The van der Waals surface area contributed by atoms with Crippen LogP contribution < -0.4 is 5.32 Å². The lowest BCUT2D eigenvalue weighted by molar-refractivity contribution is -0.132. The lowest BCUT2D eigenvalue weighted by atomic mass is 9.96. The summed E-state index contributed by atoms with van der Waals surface area (Å²) < 4.78 is 0. The highest BCUT2D eigenvalue weighted by Crippen LogP contribution is 2.42. The number of carbonyl (C=O) groups is 1. The maximum absolute atomic E-state index is 12.8. The van der Waals surface area contributed by atoms with E-state index in [2.05, 4.69) is 59.4 Å². The Morgan fingerprint density at radius 2 is 1.92 bits per heavy atom. The van der Waals surface area contributed by atoms with Crippen molar-refractivity contribution in [1.29, 1.82) is 0 Å². The standard InChI is InChI=1S/C38H40ClN7OS/c1-4-44(3)22-34(47)46-20-32-33(21-46)48-38(43-32)29-8-5-7-28(23(29)2)30-9-6-10-31(35(30)39)42-37-36-26(13-14-40-37)15-25(17-41-36)19-45-18-24-11-12-27(45)16-24/h5-10,13-15,17,24,27H,4,11-12,16,18-22H2,1-3H3,(H,40,42). The van der Waals surface area contributed by atoms with Crippen molar-refractivity contribution in [2.24, 2.45) is 5.92 Å². The van der Waals surface area contributed by atoms with Crippen molar-refractivity contribution in [3.05, 3.63) is 87.6 Å². The number of amides is 1. The molecule has 246 valence electrons. The van der Waals surface area contributed by atoms with E-state index in [1.165, 1.54) is 31.4 Å². The molecule has 2 aromatic carbocycles. The Bertz CT molecular complexity index is 2000. The second kappa shape index (κ2) is 12.9. The van der Waals surface area contributed by atoms with Crippen LogP contribution in [0.3, 0.4) is 0 Å². The van der Waals surface area contributed by atoms with Crippen molar-refractivity contribution in [3.8, 4) is 21.7 Å². The molecule has 2 aliphatic heterocycles. The Hall–Kier alpha value is -3.89. The second-order valence-corrected chi connectivity index (χ2v) is 15.0. The molecule has 8 nitrogen and oxygen atoms in total. The summed E-state index contributed by atoms with van der Waals surface area (Å²) in [6, 6.07) is 17.4. The first-order valence-electron chi connectivity index (χ1n) is 16.9. The smallest absolute Gasteiger partial charge is 0.237 e. The number of piperidine rings is 1. The molecule has 2 fully saturated rings. The van der Waals surface area contributed by atoms with E-state index in [-0.39, 0.29) is 5.91 Å². The van der Waals surface area contributed by atoms with Gasteiger partial charge < -0.3 is 10.2 Å². The second-order valence-electron chi connectivity index (χ2n) is 13.6. The van der Waals surface area contributed by atoms with Crippen LogP contribution in [0.25, 0.3) is 32.6 Å². The first-order valence-corrected chi connectivity index (χ1v) is 18.1. The molecule has 3 aliphatic rings. The molecule has 1 saturated carbocycles. The molecule has 2 unspecified atom stereocenters. The zero-order valence-electron chi connectivity index (χ0n) is 27.7. The van der Waals surface area contributed by atoms with Gasteiger partial charge in [-0.1, -0.05) is 48.9 Å². The number of benzene rings is 2. The quantitative estimate of drug-likeness (QED) is 0.170. The van der Waals surface area contributed by atoms with Crippen LogP contribution in [-0.4, -0.2) is 68.3 Å². The third-order valence-electron chi connectivity index (χ3n) is 10.4. The topological polar surface area (TPSA) is 77.5 Å². The third kappa shape index (κ3) is 5.87. The molecule has 8 rings (SSSR count). The number of pyridine rings is 2. The minimum absolute atomic E-state index is 0.149. The normalized spacial score (nSPS) is 18.7. The lowest BCUT2D eigenvalue weighted by Crippen LogP contribution is -2.35. The molecule has 1 N–H and O–H groups in total. The van der Waals surface area contributed by atoms with E-state index in [1.807, 2.05) is 47.4 Å². The van der Waals surface area contributed by atoms with E-state index in [0.29, 0.717) is 30.5 Å². The molecule has 2 atom stereocenters. The lowest BCUT2D eigenvalue weighted by Gasteiger charge is -2.26. The first-order chi connectivity index (χ1) is 23.3. The Morgan fingerprint density at radius 3 is 2.71 bits per heavy atom. The van der Waals surface area contributed by atoms with Crippen LogP contribution in [0.4, 0.5) is 11.5 Å². The van der Waals surface area contributed by atoms with Gasteiger partial charge in [0.25, 0.3) is 0 Å². The van der Waals surface area contributed by atoms with Crippen molar-refractivity contribution in [1.82, 2.24) is 29.7 Å². The molecule has 10 heteroatoms. The fraction of sp³-hybridized carbons (Fsp3) is 0.368. The number of halogens is 1. The average molecular weight is 678 g/mol. The number of thiazole rings is 1. The number of fused-ring (bicyclic) bond motifs is 4. The van der Waals surface area contributed by atoms with Gasteiger partial charge in [-0.05, 0) is 80.6 Å². The fourth-order valence-corrected chi connectivity index (χ4v) is 9.08. The Morgan fingerprint density at radius 1 is 1.08 bits per heavy atom. The number of aromatic nitrogens is 3. The maximum Gasteiger partial charge on any atom is 0.237 e. The maximum atomic E-state index is 12.8. The summed E-state index contributed by atoms with van der Waals surface area (Å²) in [5.41, 5.74) is 8.06. The molecular formula is C38H40ClN7OS. The molecule has 1 aliphatic carbocycles. The summed E-state index contributed by atoms with van der Waals surface area (Å²) in [4.78, 5) is 35.0. The molecule has 1 amide bonds. The molecule has 3 aromatic heterocycles. The highest BCUT2D eigenvalue weighted by atomic mass is 35.5. The predicted octanol–water partition coefficient (Wildman–Crippen LogP) is 7.90. The molecule has 0 spiro atoms. The van der Waals surface area contributed by atoms with E-state index >= 15 is 0 Å². The van der Waals surface area contributed by atoms with Gasteiger partial charge in [0.1, 0.15) is 10.5 Å². The van der Waals surface area contributed by atoms with Gasteiger partial charge in [-0.15, -0.1) is 11.3 Å². The van der Waals surface area contributed by atoms with E-state index in [0.717, 1.165) is 79.5 Å². The average Bonchev–Trinajstić information content (AvgIpc) is 3.88. The van der Waals surface area contributed by atoms with Gasteiger partial charge in [0.2, 0.25) is 5.91 Å². The van der Waals surface area contributed by atoms with Crippen molar-refractivity contribution in [2.75, 3.05) is 32.0 Å². The summed E-state index contributed by atoms with van der Waals surface area (Å²) in [5, 5.41) is 6.18. The molecule has 5 aromatic rings. The van der Waals surface area contributed by atoms with Crippen molar-refractivity contribution in [3.63, 3.8) is 0 Å². The predicted molar refractivity (Wildman–Crippen MR) is 195 cm³/mol. The molecule has 0 radical (unpaired) electrons. The van der Waals surface area contributed by atoms with Gasteiger partial charge in [-0.2, -0.15) is 0 Å². The number of nitrogens with zero attached hydrogens (tertiary/aromatic N) is 6. The Labute approximate surface area is 290 Å². The number of carbonyl (C=O) groups excluding carboxylic acids is 1. The van der Waals surface area contributed by atoms with Gasteiger partial charge in [0.05, 0.1) is 36.0 Å². The van der Waals surface area contributed by atoms with Crippen LogP contribution in [0.2, 0.25) is 5.02 Å².